The number of hydrogen-bond acceptors (Lipinski definition) is 3. The fraction of sp³-hybridized carbons (Fsp3) is 0.273. The van der Waals surface area contributed by atoms with E-state index in [-0.39, 0.29) is 6.10 Å². The van der Waals surface area contributed by atoms with E-state index in [1.54, 1.807) is 0 Å². The van der Waals surface area contributed by atoms with Crippen molar-refractivity contribution in [3.05, 3.63) is 36.2 Å². The van der Waals surface area contributed by atoms with Gasteiger partial charge >= 0.3 is 0 Å². The summed E-state index contributed by atoms with van der Waals surface area (Å²) in [7, 11) is 0. The Labute approximate surface area is 88.3 Å². The van der Waals surface area contributed by atoms with E-state index in [2.05, 4.69) is 4.90 Å². The molecule has 0 saturated carbocycles. The van der Waals surface area contributed by atoms with Gasteiger partial charge in [-0.15, -0.1) is 0 Å². The van der Waals surface area contributed by atoms with E-state index < -0.39 is 5.91 Å². The second-order valence-corrected chi connectivity index (χ2v) is 3.70. The smallest absolute Gasteiger partial charge is 0.226 e. The first kappa shape index (κ1) is 9.98. The summed E-state index contributed by atoms with van der Waals surface area (Å²) in [6.45, 7) is 1.36. The topological polar surface area (TPSA) is 66.6 Å². The fourth-order valence-electron chi connectivity index (χ4n) is 1.61. The number of β-amino-alcohol motifs (C(OH)–C–C–N with tert-alkyl or cyclic N) is 1. The number of nitrogens with two attached hydrogens (primary N) is 1. The molecule has 1 aliphatic heterocycles. The van der Waals surface area contributed by atoms with Crippen LogP contribution in [-0.4, -0.2) is 30.2 Å². The molecule has 4 nitrogen and oxygen atoms in total. The van der Waals surface area contributed by atoms with Crippen LogP contribution in [0.4, 0.5) is 5.69 Å². The number of benzene rings is 1. The van der Waals surface area contributed by atoms with E-state index in [1.165, 1.54) is 6.42 Å². The van der Waals surface area contributed by atoms with E-state index in [0.717, 1.165) is 11.3 Å². The minimum atomic E-state index is -0.442. The van der Waals surface area contributed by atoms with Crippen LogP contribution in [0.3, 0.4) is 0 Å². The van der Waals surface area contributed by atoms with Gasteiger partial charge in [0.15, 0.2) is 0 Å². The Morgan fingerprint density at radius 2 is 2.00 bits per heavy atom. The van der Waals surface area contributed by atoms with Crippen molar-refractivity contribution >= 4 is 11.6 Å². The first-order chi connectivity index (χ1) is 7.15. The van der Waals surface area contributed by atoms with Crippen molar-refractivity contribution in [3.8, 4) is 0 Å². The maximum atomic E-state index is 10.6. The van der Waals surface area contributed by atoms with Crippen LogP contribution < -0.4 is 10.6 Å². The van der Waals surface area contributed by atoms with Gasteiger partial charge in [-0.1, -0.05) is 12.1 Å². The highest BCUT2D eigenvalue weighted by Crippen LogP contribution is 2.21. The zero-order chi connectivity index (χ0) is 10.8. The molecule has 0 unspecified atom stereocenters. The van der Waals surface area contributed by atoms with E-state index in [0.29, 0.717) is 13.1 Å². The lowest BCUT2D eigenvalue weighted by Gasteiger charge is -2.37. The molecule has 4 heteroatoms. The molecule has 0 aliphatic carbocycles. The molecular weight excluding hydrogens is 192 g/mol. The summed E-state index contributed by atoms with van der Waals surface area (Å²) in [5.74, 6) is -0.442. The summed E-state index contributed by atoms with van der Waals surface area (Å²) >= 11 is 0. The van der Waals surface area contributed by atoms with Crippen LogP contribution in [0, 0.1) is 6.42 Å². The van der Waals surface area contributed by atoms with Gasteiger partial charge < -0.3 is 15.7 Å². The molecule has 1 saturated heterocycles. The number of aliphatic hydroxyl groups excluding tert-OH is 1. The monoisotopic (exact) mass is 205 g/mol. The molecule has 1 fully saturated rings. The highest BCUT2D eigenvalue weighted by Gasteiger charge is 2.24. The van der Waals surface area contributed by atoms with Gasteiger partial charge in [-0.3, -0.25) is 4.79 Å². The van der Waals surface area contributed by atoms with E-state index >= 15 is 0 Å². The molecule has 0 aromatic heterocycles. The summed E-state index contributed by atoms with van der Waals surface area (Å²) < 4.78 is 0. The van der Waals surface area contributed by atoms with Crippen molar-refractivity contribution in [3.63, 3.8) is 0 Å². The fourth-order valence-corrected chi connectivity index (χ4v) is 1.61. The Balaban J connectivity index is 2.01. The third-order valence-electron chi connectivity index (χ3n) is 2.43. The van der Waals surface area contributed by atoms with E-state index in [4.69, 9.17) is 10.8 Å². The highest BCUT2D eigenvalue weighted by atomic mass is 16.3. The third kappa shape index (κ3) is 2.27. The molecule has 1 aromatic rings. The quantitative estimate of drug-likeness (QED) is 0.724. The number of aliphatic hydroxyl groups is 1. The van der Waals surface area contributed by atoms with Gasteiger partial charge in [-0.2, -0.15) is 0 Å². The van der Waals surface area contributed by atoms with Crippen molar-refractivity contribution < 1.29 is 9.90 Å². The zero-order valence-electron chi connectivity index (χ0n) is 8.26. The van der Waals surface area contributed by atoms with Crippen LogP contribution in [0.1, 0.15) is 5.56 Å². The summed E-state index contributed by atoms with van der Waals surface area (Å²) in [5.41, 5.74) is 6.90. The predicted molar refractivity (Wildman–Crippen MR) is 57.3 cm³/mol. The largest absolute Gasteiger partial charge is 0.389 e. The van der Waals surface area contributed by atoms with Crippen LogP contribution in [-0.2, 0) is 4.79 Å². The summed E-state index contributed by atoms with van der Waals surface area (Å²) in [4.78, 5) is 12.7. The number of carbonyl (C=O) groups is 1. The van der Waals surface area contributed by atoms with Crippen LogP contribution >= 0.6 is 0 Å². The Bertz CT molecular complexity index is 355. The van der Waals surface area contributed by atoms with Crippen molar-refractivity contribution in [1.82, 2.24) is 0 Å². The zero-order valence-corrected chi connectivity index (χ0v) is 8.26. The molecule has 1 radical (unpaired) electrons. The van der Waals surface area contributed by atoms with Crippen molar-refractivity contribution in [2.75, 3.05) is 18.0 Å². The SMILES string of the molecule is NC(=O)[CH]c1ccc(N2CC(O)C2)cc1. The van der Waals surface area contributed by atoms with Gasteiger partial charge in [0.2, 0.25) is 5.91 Å². The summed E-state index contributed by atoms with van der Waals surface area (Å²) in [5, 5.41) is 9.14. The lowest BCUT2D eigenvalue weighted by Crippen LogP contribution is -2.50. The van der Waals surface area contributed by atoms with Crippen molar-refractivity contribution in [2.24, 2.45) is 5.73 Å². The molecule has 79 valence electrons. The van der Waals surface area contributed by atoms with Gasteiger partial charge in [-0.25, -0.2) is 0 Å². The first-order valence-electron chi connectivity index (χ1n) is 4.82. The Hall–Kier alpha value is -1.55. The average Bonchev–Trinajstić information content (AvgIpc) is 2.14. The number of hydrogen-bond donors (Lipinski definition) is 2. The normalized spacial score (nSPS) is 16.2. The maximum absolute atomic E-state index is 10.6. The molecule has 0 atom stereocenters. The van der Waals surface area contributed by atoms with Crippen molar-refractivity contribution in [1.29, 1.82) is 0 Å². The Morgan fingerprint density at radius 1 is 1.40 bits per heavy atom. The minimum absolute atomic E-state index is 0.207. The standard InChI is InChI=1S/C11H13N2O2/c12-11(15)5-8-1-3-9(4-2-8)13-6-10(14)7-13/h1-5,10,14H,6-7H2,(H2,12,15). The Kier molecular flexibility index (Phi) is 2.60. The lowest BCUT2D eigenvalue weighted by atomic mass is 10.1. The molecule has 15 heavy (non-hydrogen) atoms. The van der Waals surface area contributed by atoms with E-state index in [1.807, 2.05) is 24.3 Å². The number of amides is 1. The molecule has 1 aliphatic rings. The van der Waals surface area contributed by atoms with E-state index in [9.17, 15) is 4.79 Å². The molecule has 3 N–H and O–H groups in total. The summed E-state index contributed by atoms with van der Waals surface area (Å²) in [6, 6.07) is 7.51. The molecule has 1 aromatic carbocycles. The van der Waals surface area contributed by atoms with Gasteiger partial charge in [0.25, 0.3) is 0 Å². The molecule has 0 bridgehead atoms. The number of primary amides is 1. The molecule has 1 amide bonds. The third-order valence-corrected chi connectivity index (χ3v) is 2.43. The van der Waals surface area contributed by atoms with Crippen LogP contribution in [0.25, 0.3) is 0 Å². The molecule has 0 spiro atoms. The Morgan fingerprint density at radius 3 is 2.47 bits per heavy atom. The second-order valence-electron chi connectivity index (χ2n) is 3.70. The van der Waals surface area contributed by atoms with Gasteiger partial charge in [0.1, 0.15) is 0 Å². The minimum Gasteiger partial charge on any atom is -0.389 e. The molecule has 2 rings (SSSR count). The second kappa shape index (κ2) is 3.90. The molecule has 1 heterocycles. The summed E-state index contributed by atoms with van der Waals surface area (Å²) in [6.07, 6.45) is 1.18. The predicted octanol–water partition coefficient (Wildman–Crippen LogP) is -0.0948. The highest BCUT2D eigenvalue weighted by molar-refractivity contribution is 5.86. The maximum Gasteiger partial charge on any atom is 0.226 e. The number of anilines is 1. The van der Waals surface area contributed by atoms with Gasteiger partial charge in [-0.05, 0) is 17.7 Å². The molecular formula is C11H13N2O2. The van der Waals surface area contributed by atoms with Crippen LogP contribution in [0.2, 0.25) is 0 Å². The number of nitrogens with zero attached hydrogens (tertiary/aromatic N) is 1. The van der Waals surface area contributed by atoms with Gasteiger partial charge in [0, 0.05) is 18.8 Å². The van der Waals surface area contributed by atoms with Crippen LogP contribution in [0.15, 0.2) is 24.3 Å². The van der Waals surface area contributed by atoms with Crippen LogP contribution in [0.5, 0.6) is 0 Å². The van der Waals surface area contributed by atoms with Crippen molar-refractivity contribution in [2.45, 2.75) is 6.10 Å². The van der Waals surface area contributed by atoms with Gasteiger partial charge in [0.05, 0.1) is 12.5 Å². The lowest BCUT2D eigenvalue weighted by molar-refractivity contribution is -0.114. The number of rotatable bonds is 3. The first-order valence-corrected chi connectivity index (χ1v) is 4.82. The number of carbonyl (C=O) groups excluding carboxylic acids is 1. The average molecular weight is 205 g/mol.